The molecule has 0 radical (unpaired) electrons. The van der Waals surface area contributed by atoms with Crippen LogP contribution in [0.2, 0.25) is 0 Å². The maximum absolute atomic E-state index is 5.69. The molecule has 0 saturated heterocycles. The van der Waals surface area contributed by atoms with Crippen LogP contribution in [0.4, 0.5) is 5.69 Å². The second kappa shape index (κ2) is 5.25. The highest BCUT2D eigenvalue weighted by molar-refractivity contribution is 7.13. The predicted molar refractivity (Wildman–Crippen MR) is 84.4 cm³/mol. The van der Waals surface area contributed by atoms with Crippen molar-refractivity contribution in [3.8, 4) is 10.8 Å². The monoisotopic (exact) mass is 300 g/mol. The lowest BCUT2D eigenvalue weighted by Gasteiger charge is -1.95. The summed E-state index contributed by atoms with van der Waals surface area (Å²) in [7, 11) is 0. The van der Waals surface area contributed by atoms with E-state index >= 15 is 0 Å². The van der Waals surface area contributed by atoms with Gasteiger partial charge in [-0.25, -0.2) is 9.98 Å². The Labute approximate surface area is 123 Å². The maximum atomic E-state index is 5.69. The molecule has 21 heavy (non-hydrogen) atoms. The van der Waals surface area contributed by atoms with Crippen molar-refractivity contribution in [3.05, 3.63) is 35.7 Å². The first-order valence-corrected chi connectivity index (χ1v) is 6.88. The molecule has 0 bridgehead atoms. The van der Waals surface area contributed by atoms with Gasteiger partial charge in [0, 0.05) is 0 Å². The van der Waals surface area contributed by atoms with Crippen LogP contribution in [0.3, 0.4) is 0 Å². The average Bonchev–Trinajstić information content (AvgIpc) is 3.05. The van der Waals surface area contributed by atoms with E-state index in [-0.39, 0.29) is 11.9 Å². The van der Waals surface area contributed by atoms with Crippen LogP contribution in [-0.4, -0.2) is 16.9 Å². The van der Waals surface area contributed by atoms with Gasteiger partial charge in [0.1, 0.15) is 5.52 Å². The lowest BCUT2D eigenvalue weighted by molar-refractivity contribution is 0.621. The number of aliphatic imine (C=N–C) groups is 2. The Morgan fingerprint density at radius 3 is 2.76 bits per heavy atom. The zero-order valence-electron chi connectivity index (χ0n) is 10.9. The number of fused-ring (bicyclic) bond motifs is 1. The smallest absolute Gasteiger partial charge is 0.237 e. The Morgan fingerprint density at radius 1 is 1.19 bits per heavy atom. The highest BCUT2D eigenvalue weighted by Crippen LogP contribution is 2.29. The van der Waals surface area contributed by atoms with Gasteiger partial charge in [0.2, 0.25) is 11.9 Å². The van der Waals surface area contributed by atoms with Crippen molar-refractivity contribution >= 4 is 40.0 Å². The number of hydrogen-bond acceptors (Lipinski definition) is 4. The zero-order valence-corrected chi connectivity index (χ0v) is 11.7. The van der Waals surface area contributed by atoms with Gasteiger partial charge in [-0.3, -0.25) is 0 Å². The third-order valence-corrected chi connectivity index (χ3v) is 3.45. The van der Waals surface area contributed by atoms with Crippen molar-refractivity contribution < 1.29 is 4.42 Å². The van der Waals surface area contributed by atoms with E-state index in [2.05, 4.69) is 15.0 Å². The molecule has 2 heterocycles. The van der Waals surface area contributed by atoms with Gasteiger partial charge in [-0.1, -0.05) is 6.07 Å². The SMILES string of the molecule is NC(N)=NC(N)=Nc1ccc2oc(-c3cccs3)nc2c1. The van der Waals surface area contributed by atoms with E-state index in [9.17, 15) is 0 Å². The molecule has 0 spiro atoms. The van der Waals surface area contributed by atoms with E-state index in [0.717, 1.165) is 4.88 Å². The lowest BCUT2D eigenvalue weighted by atomic mass is 10.3. The van der Waals surface area contributed by atoms with Crippen molar-refractivity contribution in [2.24, 2.45) is 27.2 Å². The Balaban J connectivity index is 1.99. The number of aromatic nitrogens is 1. The molecule has 106 valence electrons. The molecule has 0 amide bonds. The molecular formula is C13H12N6OS. The first kappa shape index (κ1) is 13.1. The van der Waals surface area contributed by atoms with Crippen LogP contribution >= 0.6 is 11.3 Å². The molecule has 8 heteroatoms. The number of thiophene rings is 1. The number of hydrogen-bond donors (Lipinski definition) is 3. The van der Waals surface area contributed by atoms with E-state index in [1.165, 1.54) is 0 Å². The third kappa shape index (κ3) is 2.84. The minimum Gasteiger partial charge on any atom is -0.435 e. The summed E-state index contributed by atoms with van der Waals surface area (Å²) in [6.45, 7) is 0. The number of nitrogens with two attached hydrogens (primary N) is 3. The molecular weight excluding hydrogens is 288 g/mol. The molecule has 0 aliphatic carbocycles. The van der Waals surface area contributed by atoms with Crippen LogP contribution in [0.1, 0.15) is 0 Å². The second-order valence-electron chi connectivity index (χ2n) is 4.16. The first-order valence-electron chi connectivity index (χ1n) is 6.00. The quantitative estimate of drug-likeness (QED) is 0.490. The molecule has 7 nitrogen and oxygen atoms in total. The molecule has 2 aromatic heterocycles. The summed E-state index contributed by atoms with van der Waals surface area (Å²) in [5, 5.41) is 1.97. The molecule has 0 saturated carbocycles. The zero-order chi connectivity index (χ0) is 14.8. The minimum absolute atomic E-state index is 0.0173. The Hall–Kier alpha value is -2.87. The van der Waals surface area contributed by atoms with Gasteiger partial charge in [-0.15, -0.1) is 11.3 Å². The van der Waals surface area contributed by atoms with Crippen LogP contribution in [-0.2, 0) is 0 Å². The fourth-order valence-electron chi connectivity index (χ4n) is 1.78. The topological polar surface area (TPSA) is 129 Å². The van der Waals surface area contributed by atoms with Gasteiger partial charge < -0.3 is 21.6 Å². The standard InChI is InChI=1S/C13H12N6OS/c14-12(15)19-13(16)17-7-3-4-9-8(6-7)18-11(20-9)10-2-1-5-21-10/h1-6H,(H6,14,15,16,17,19). The lowest BCUT2D eigenvalue weighted by Crippen LogP contribution is -2.26. The van der Waals surface area contributed by atoms with Gasteiger partial charge >= 0.3 is 0 Å². The second-order valence-corrected chi connectivity index (χ2v) is 5.10. The van der Waals surface area contributed by atoms with Crippen LogP contribution in [0, 0.1) is 0 Å². The van der Waals surface area contributed by atoms with Gasteiger partial charge in [0.25, 0.3) is 0 Å². The van der Waals surface area contributed by atoms with Crippen LogP contribution in [0.25, 0.3) is 21.9 Å². The molecule has 0 fully saturated rings. The van der Waals surface area contributed by atoms with Crippen molar-refractivity contribution in [1.29, 1.82) is 0 Å². The van der Waals surface area contributed by atoms with Crippen molar-refractivity contribution in [2.45, 2.75) is 0 Å². The van der Waals surface area contributed by atoms with Crippen LogP contribution in [0.5, 0.6) is 0 Å². The molecule has 3 aromatic rings. The largest absolute Gasteiger partial charge is 0.435 e. The molecule has 0 aliphatic heterocycles. The first-order chi connectivity index (χ1) is 10.1. The summed E-state index contributed by atoms with van der Waals surface area (Å²) < 4.78 is 5.69. The molecule has 0 unspecified atom stereocenters. The van der Waals surface area contributed by atoms with E-state index in [4.69, 9.17) is 21.6 Å². The third-order valence-electron chi connectivity index (χ3n) is 2.59. The van der Waals surface area contributed by atoms with E-state index in [1.807, 2.05) is 17.5 Å². The fourth-order valence-corrected chi connectivity index (χ4v) is 2.43. The highest BCUT2D eigenvalue weighted by Gasteiger charge is 2.09. The number of nitrogens with zero attached hydrogens (tertiary/aromatic N) is 3. The van der Waals surface area contributed by atoms with Crippen molar-refractivity contribution in [1.82, 2.24) is 4.98 Å². The predicted octanol–water partition coefficient (Wildman–Crippen LogP) is 1.78. The van der Waals surface area contributed by atoms with Gasteiger partial charge in [0.15, 0.2) is 11.5 Å². The Morgan fingerprint density at radius 2 is 2.05 bits per heavy atom. The summed E-state index contributed by atoms with van der Waals surface area (Å²) in [6.07, 6.45) is 0. The molecule has 0 atom stereocenters. The summed E-state index contributed by atoms with van der Waals surface area (Å²) in [6, 6.07) is 9.18. The van der Waals surface area contributed by atoms with Gasteiger partial charge in [0.05, 0.1) is 10.6 Å². The minimum atomic E-state index is -0.140. The summed E-state index contributed by atoms with van der Waals surface area (Å²) in [4.78, 5) is 13.1. The van der Waals surface area contributed by atoms with Gasteiger partial charge in [-0.05, 0) is 29.6 Å². The van der Waals surface area contributed by atoms with Crippen molar-refractivity contribution in [2.75, 3.05) is 0 Å². The van der Waals surface area contributed by atoms with E-state index in [1.54, 1.807) is 29.5 Å². The fraction of sp³-hybridized carbons (Fsp3) is 0. The van der Waals surface area contributed by atoms with Crippen LogP contribution in [0.15, 0.2) is 50.1 Å². The van der Waals surface area contributed by atoms with E-state index < -0.39 is 0 Å². The molecule has 3 rings (SSSR count). The van der Waals surface area contributed by atoms with E-state index in [0.29, 0.717) is 22.7 Å². The summed E-state index contributed by atoms with van der Waals surface area (Å²) in [5.41, 5.74) is 18.0. The van der Waals surface area contributed by atoms with Crippen molar-refractivity contribution in [3.63, 3.8) is 0 Å². The summed E-state index contributed by atoms with van der Waals surface area (Å²) in [5.74, 6) is 0.424. The number of oxazole rings is 1. The number of benzene rings is 1. The molecule has 1 aromatic carbocycles. The van der Waals surface area contributed by atoms with Gasteiger partial charge in [-0.2, -0.15) is 4.99 Å². The normalized spacial score (nSPS) is 11.7. The Kier molecular flexibility index (Phi) is 3.28. The number of guanidine groups is 2. The number of rotatable bonds is 2. The molecule has 6 N–H and O–H groups in total. The van der Waals surface area contributed by atoms with Crippen LogP contribution < -0.4 is 17.2 Å². The Bertz CT molecular complexity index is 830. The molecule has 0 aliphatic rings. The highest BCUT2D eigenvalue weighted by atomic mass is 32.1. The maximum Gasteiger partial charge on any atom is 0.237 e. The summed E-state index contributed by atoms with van der Waals surface area (Å²) >= 11 is 1.56. The average molecular weight is 300 g/mol.